The molecule has 150 valence electrons. The Morgan fingerprint density at radius 3 is 2.50 bits per heavy atom. The van der Waals surface area contributed by atoms with Crippen LogP contribution < -0.4 is 10.6 Å². The van der Waals surface area contributed by atoms with E-state index >= 15 is 0 Å². The second-order valence-electron chi connectivity index (χ2n) is 6.37. The second-order valence-corrected chi connectivity index (χ2v) is 6.73. The molecule has 3 amide bonds. The normalized spacial score (nSPS) is 10.6. The molecule has 2 rings (SSSR count). The van der Waals surface area contributed by atoms with Gasteiger partial charge in [-0.1, -0.05) is 25.4 Å². The Morgan fingerprint density at radius 1 is 1.25 bits per heavy atom. The van der Waals surface area contributed by atoms with Gasteiger partial charge in [0.1, 0.15) is 16.5 Å². The molecule has 1 heterocycles. The number of benzene rings is 1. The summed E-state index contributed by atoms with van der Waals surface area (Å²) in [7, 11) is 0. The number of carbonyl (C=O) groups excluding carboxylic acids is 3. The highest BCUT2D eigenvalue weighted by Gasteiger charge is 2.23. The maximum absolute atomic E-state index is 13.1. The van der Waals surface area contributed by atoms with Crippen molar-refractivity contribution in [3.05, 3.63) is 46.5 Å². The van der Waals surface area contributed by atoms with Gasteiger partial charge in [-0.3, -0.25) is 10.1 Å². The zero-order valence-corrected chi connectivity index (χ0v) is 16.3. The molecule has 0 atom stereocenters. The van der Waals surface area contributed by atoms with E-state index in [-0.39, 0.29) is 22.3 Å². The second kappa shape index (κ2) is 9.32. The van der Waals surface area contributed by atoms with Gasteiger partial charge >= 0.3 is 12.0 Å². The molecule has 8 nitrogen and oxygen atoms in total. The minimum absolute atomic E-state index is 0.0250. The number of aromatic nitrogens is 2. The summed E-state index contributed by atoms with van der Waals surface area (Å²) in [6.45, 7) is 5.09. The highest BCUT2D eigenvalue weighted by molar-refractivity contribution is 6.33. The molecule has 0 fully saturated rings. The van der Waals surface area contributed by atoms with Crippen LogP contribution in [0.3, 0.4) is 0 Å². The first-order valence-electron chi connectivity index (χ1n) is 8.45. The van der Waals surface area contributed by atoms with Crippen molar-refractivity contribution >= 4 is 29.5 Å². The third-order valence-electron chi connectivity index (χ3n) is 3.54. The van der Waals surface area contributed by atoms with E-state index in [1.54, 1.807) is 6.92 Å². The summed E-state index contributed by atoms with van der Waals surface area (Å²) in [5.74, 6) is -1.85. The number of ether oxygens (including phenoxy) is 1. The number of hydrogen-bond donors (Lipinski definition) is 2. The number of carbonyl (C=O) groups is 3. The lowest BCUT2D eigenvalue weighted by atomic mass is 10.2. The molecule has 0 radical (unpaired) electrons. The van der Waals surface area contributed by atoms with Crippen LogP contribution >= 0.6 is 11.6 Å². The van der Waals surface area contributed by atoms with Gasteiger partial charge in [-0.05, 0) is 37.1 Å². The predicted octanol–water partition coefficient (Wildman–Crippen LogP) is 2.61. The van der Waals surface area contributed by atoms with E-state index in [1.165, 1.54) is 28.9 Å². The number of halogens is 2. The molecular weight excluding hydrogens is 391 g/mol. The molecule has 0 aliphatic heterocycles. The maximum Gasteiger partial charge on any atom is 0.343 e. The van der Waals surface area contributed by atoms with Gasteiger partial charge in [0.25, 0.3) is 5.91 Å². The van der Waals surface area contributed by atoms with E-state index in [4.69, 9.17) is 16.3 Å². The summed E-state index contributed by atoms with van der Waals surface area (Å²) in [6.07, 6.45) is 0. The summed E-state index contributed by atoms with van der Waals surface area (Å²) in [5, 5.41) is 8.66. The van der Waals surface area contributed by atoms with Gasteiger partial charge in [-0.2, -0.15) is 5.10 Å². The number of esters is 1. The van der Waals surface area contributed by atoms with Gasteiger partial charge in [-0.25, -0.2) is 18.7 Å². The fraction of sp³-hybridized carbons (Fsp3) is 0.333. The van der Waals surface area contributed by atoms with Crippen LogP contribution in [0.4, 0.5) is 9.18 Å². The number of imide groups is 1. The molecular formula is C18H20ClFN4O4. The van der Waals surface area contributed by atoms with E-state index in [2.05, 4.69) is 15.7 Å². The Kier molecular flexibility index (Phi) is 7.11. The summed E-state index contributed by atoms with van der Waals surface area (Å²) in [4.78, 5) is 35.5. The molecule has 0 spiro atoms. The number of nitrogens with one attached hydrogen (secondary N) is 2. The Hall–Kier alpha value is -2.94. The molecule has 1 aromatic carbocycles. The minimum Gasteiger partial charge on any atom is -0.452 e. The highest BCUT2D eigenvalue weighted by atomic mass is 35.5. The number of amides is 3. The van der Waals surface area contributed by atoms with E-state index < -0.39 is 30.3 Å². The van der Waals surface area contributed by atoms with Crippen molar-refractivity contribution < 1.29 is 23.5 Å². The largest absolute Gasteiger partial charge is 0.452 e. The van der Waals surface area contributed by atoms with Crippen LogP contribution in [0.2, 0.25) is 5.15 Å². The van der Waals surface area contributed by atoms with Gasteiger partial charge < -0.3 is 10.1 Å². The molecule has 0 saturated heterocycles. The van der Waals surface area contributed by atoms with Crippen LogP contribution in [0.25, 0.3) is 5.69 Å². The van der Waals surface area contributed by atoms with E-state index in [1.807, 2.05) is 13.8 Å². The maximum atomic E-state index is 13.1. The summed E-state index contributed by atoms with van der Waals surface area (Å²) in [6, 6.07) is 4.69. The van der Waals surface area contributed by atoms with Gasteiger partial charge in [-0.15, -0.1) is 0 Å². The van der Waals surface area contributed by atoms with Crippen molar-refractivity contribution in [3.63, 3.8) is 0 Å². The van der Waals surface area contributed by atoms with Gasteiger partial charge in [0.2, 0.25) is 0 Å². The Morgan fingerprint density at radius 2 is 1.89 bits per heavy atom. The van der Waals surface area contributed by atoms with Crippen molar-refractivity contribution in [1.82, 2.24) is 20.4 Å². The summed E-state index contributed by atoms with van der Waals surface area (Å²) < 4.78 is 19.2. The zero-order chi connectivity index (χ0) is 20.8. The highest BCUT2D eigenvalue weighted by Crippen LogP contribution is 2.24. The Labute approximate surface area is 166 Å². The van der Waals surface area contributed by atoms with Crippen LogP contribution in [0.15, 0.2) is 24.3 Å². The van der Waals surface area contributed by atoms with Crippen molar-refractivity contribution in [2.24, 2.45) is 5.92 Å². The van der Waals surface area contributed by atoms with Gasteiger partial charge in [0.05, 0.1) is 11.4 Å². The van der Waals surface area contributed by atoms with E-state index in [0.29, 0.717) is 12.2 Å². The number of urea groups is 1. The van der Waals surface area contributed by atoms with Crippen LogP contribution in [0.5, 0.6) is 0 Å². The molecule has 2 aromatic rings. The average Bonchev–Trinajstić information content (AvgIpc) is 2.93. The lowest BCUT2D eigenvalue weighted by Gasteiger charge is -2.09. The minimum atomic E-state index is -0.867. The fourth-order valence-electron chi connectivity index (χ4n) is 2.19. The number of rotatable bonds is 6. The van der Waals surface area contributed by atoms with E-state index in [0.717, 1.165) is 0 Å². The van der Waals surface area contributed by atoms with Gasteiger partial charge in [0.15, 0.2) is 6.61 Å². The molecule has 28 heavy (non-hydrogen) atoms. The molecule has 0 aliphatic rings. The smallest absolute Gasteiger partial charge is 0.343 e. The number of nitrogens with zero attached hydrogens (tertiary/aromatic N) is 2. The standard InChI is InChI=1S/C18H20ClFN4O4/c1-10(2)8-21-18(27)22-14(25)9-28-17(26)15-11(3)23-24(16(15)19)13-6-4-12(20)5-7-13/h4-7,10H,8-9H2,1-3H3,(H2,21,22,25,27). The third kappa shape index (κ3) is 5.53. The number of aryl methyl sites for hydroxylation is 1. The number of hydrogen-bond acceptors (Lipinski definition) is 5. The molecule has 0 bridgehead atoms. The van der Waals surface area contributed by atoms with Crippen LogP contribution in [0, 0.1) is 18.7 Å². The van der Waals surface area contributed by atoms with Crippen LogP contribution in [0.1, 0.15) is 29.9 Å². The van der Waals surface area contributed by atoms with E-state index in [9.17, 15) is 18.8 Å². The van der Waals surface area contributed by atoms with Crippen LogP contribution in [-0.2, 0) is 9.53 Å². The predicted molar refractivity (Wildman–Crippen MR) is 99.9 cm³/mol. The zero-order valence-electron chi connectivity index (χ0n) is 15.6. The van der Waals surface area contributed by atoms with Crippen molar-refractivity contribution in [2.45, 2.75) is 20.8 Å². The molecule has 0 saturated carbocycles. The first kappa shape index (κ1) is 21.4. The van der Waals surface area contributed by atoms with Gasteiger partial charge in [0, 0.05) is 6.54 Å². The summed E-state index contributed by atoms with van der Waals surface area (Å²) >= 11 is 6.21. The SMILES string of the molecule is Cc1nn(-c2ccc(F)cc2)c(Cl)c1C(=O)OCC(=O)NC(=O)NCC(C)C. The van der Waals surface area contributed by atoms with Crippen molar-refractivity contribution in [2.75, 3.05) is 13.2 Å². The quantitative estimate of drug-likeness (QED) is 0.712. The first-order valence-corrected chi connectivity index (χ1v) is 8.82. The lowest BCUT2D eigenvalue weighted by molar-refractivity contribution is -0.123. The van der Waals surface area contributed by atoms with Crippen LogP contribution in [-0.4, -0.2) is 40.8 Å². The molecule has 10 heteroatoms. The molecule has 1 aromatic heterocycles. The molecule has 0 aliphatic carbocycles. The summed E-state index contributed by atoms with van der Waals surface area (Å²) in [5.41, 5.74) is 0.700. The van der Waals surface area contributed by atoms with Crippen molar-refractivity contribution in [3.8, 4) is 5.69 Å². The monoisotopic (exact) mass is 410 g/mol. The first-order chi connectivity index (χ1) is 13.2. The lowest BCUT2D eigenvalue weighted by Crippen LogP contribution is -2.42. The topological polar surface area (TPSA) is 102 Å². The fourth-order valence-corrected chi connectivity index (χ4v) is 2.54. The molecule has 0 unspecified atom stereocenters. The van der Waals surface area contributed by atoms with Crippen molar-refractivity contribution in [1.29, 1.82) is 0 Å². The third-order valence-corrected chi connectivity index (χ3v) is 3.89. The molecule has 2 N–H and O–H groups in total. The Bertz CT molecular complexity index is 880. The average molecular weight is 411 g/mol. The Balaban J connectivity index is 2.00.